The number of nitrogens with one attached hydrogen (secondary N) is 1. The third-order valence-corrected chi connectivity index (χ3v) is 7.22. The molecule has 1 N–H and O–H groups in total. The quantitative estimate of drug-likeness (QED) is 0.744. The number of nitrogens with zero attached hydrogens (tertiary/aromatic N) is 1. The van der Waals surface area contributed by atoms with Gasteiger partial charge in [-0.1, -0.05) is 13.8 Å². The van der Waals surface area contributed by atoms with Crippen LogP contribution in [0.25, 0.3) is 0 Å². The van der Waals surface area contributed by atoms with Crippen LogP contribution in [0.1, 0.15) is 34.6 Å². The molecule has 6 nitrogen and oxygen atoms in total. The predicted octanol–water partition coefficient (Wildman–Crippen LogP) is 3.03. The summed E-state index contributed by atoms with van der Waals surface area (Å²) in [5.41, 5.74) is 1.40. The van der Waals surface area contributed by atoms with Crippen LogP contribution in [0.15, 0.2) is 34.5 Å². The van der Waals surface area contributed by atoms with Crippen LogP contribution < -0.4 is 10.1 Å². The summed E-state index contributed by atoms with van der Waals surface area (Å²) in [6.45, 7) is 6.62. The molecule has 0 unspecified atom stereocenters. The minimum atomic E-state index is -3.73. The fourth-order valence-corrected chi connectivity index (χ4v) is 5.06. The first-order valence-corrected chi connectivity index (χ1v) is 10.7. The zero-order valence-electron chi connectivity index (χ0n) is 15.4. The lowest BCUT2D eigenvalue weighted by molar-refractivity contribution is 0.0951. The molecule has 0 fully saturated rings. The third kappa shape index (κ3) is 4.25. The van der Waals surface area contributed by atoms with E-state index in [1.807, 2.05) is 18.4 Å². The van der Waals surface area contributed by atoms with Crippen LogP contribution in [0.4, 0.5) is 0 Å². The first kappa shape index (κ1) is 20.4. The van der Waals surface area contributed by atoms with E-state index in [9.17, 15) is 13.2 Å². The normalized spacial score (nSPS) is 11.6. The molecule has 0 saturated heterocycles. The van der Waals surface area contributed by atoms with Gasteiger partial charge >= 0.3 is 0 Å². The highest BCUT2D eigenvalue weighted by molar-refractivity contribution is 7.89. The molecule has 2 aromatic rings. The Balaban J connectivity index is 2.31. The summed E-state index contributed by atoms with van der Waals surface area (Å²) in [6.07, 6.45) is 0. The van der Waals surface area contributed by atoms with E-state index in [4.69, 9.17) is 4.74 Å². The molecule has 2 rings (SSSR count). The number of methoxy groups -OCH3 is 1. The van der Waals surface area contributed by atoms with Crippen molar-refractivity contribution >= 4 is 27.3 Å². The zero-order valence-corrected chi connectivity index (χ0v) is 17.0. The predicted molar refractivity (Wildman–Crippen MR) is 103 cm³/mol. The lowest BCUT2D eigenvalue weighted by atomic mass is 10.2. The molecule has 1 aromatic heterocycles. The van der Waals surface area contributed by atoms with E-state index >= 15 is 0 Å². The Morgan fingerprint density at radius 2 is 1.92 bits per heavy atom. The van der Waals surface area contributed by atoms with Crippen molar-refractivity contribution in [1.29, 1.82) is 0 Å². The maximum Gasteiger partial charge on any atom is 0.251 e. The fourth-order valence-electron chi connectivity index (χ4n) is 2.57. The molecule has 0 aliphatic rings. The maximum absolute atomic E-state index is 12.9. The number of hydrogen-bond donors (Lipinski definition) is 1. The summed E-state index contributed by atoms with van der Waals surface area (Å²) < 4.78 is 32.2. The Morgan fingerprint density at radius 3 is 2.46 bits per heavy atom. The highest BCUT2D eigenvalue weighted by atomic mass is 32.2. The molecule has 1 aromatic carbocycles. The summed E-state index contributed by atoms with van der Waals surface area (Å²) in [4.78, 5) is 13.6. The van der Waals surface area contributed by atoms with Gasteiger partial charge in [0.25, 0.3) is 5.91 Å². The van der Waals surface area contributed by atoms with Gasteiger partial charge in [0.05, 0.1) is 13.7 Å². The van der Waals surface area contributed by atoms with Gasteiger partial charge in [-0.3, -0.25) is 4.79 Å². The van der Waals surface area contributed by atoms with E-state index in [0.717, 1.165) is 10.4 Å². The van der Waals surface area contributed by atoms with E-state index in [2.05, 4.69) is 5.32 Å². The van der Waals surface area contributed by atoms with Gasteiger partial charge in [-0.25, -0.2) is 8.42 Å². The van der Waals surface area contributed by atoms with Crippen LogP contribution in [-0.4, -0.2) is 38.8 Å². The highest BCUT2D eigenvalue weighted by Gasteiger charge is 2.26. The number of carbonyl (C=O) groups excluding carboxylic acids is 1. The van der Waals surface area contributed by atoms with Crippen molar-refractivity contribution < 1.29 is 17.9 Å². The van der Waals surface area contributed by atoms with Crippen LogP contribution in [0.3, 0.4) is 0 Å². The van der Waals surface area contributed by atoms with E-state index in [-0.39, 0.29) is 22.1 Å². The number of carbonyl (C=O) groups is 1. The van der Waals surface area contributed by atoms with Crippen molar-refractivity contribution in [3.8, 4) is 5.75 Å². The summed E-state index contributed by atoms with van der Waals surface area (Å²) in [6, 6.07) is 6.45. The number of rotatable bonds is 8. The van der Waals surface area contributed by atoms with Crippen molar-refractivity contribution in [3.05, 3.63) is 45.6 Å². The Hall–Kier alpha value is -1.90. The average molecular weight is 397 g/mol. The summed E-state index contributed by atoms with van der Waals surface area (Å²) in [5.74, 6) is -0.0981. The van der Waals surface area contributed by atoms with E-state index in [1.165, 1.54) is 23.5 Å². The molecule has 1 amide bonds. The largest absolute Gasteiger partial charge is 0.495 e. The van der Waals surface area contributed by atoms with Crippen molar-refractivity contribution in [2.75, 3.05) is 20.2 Å². The topological polar surface area (TPSA) is 75.7 Å². The molecule has 0 radical (unpaired) electrons. The van der Waals surface area contributed by atoms with Gasteiger partial charge in [-0.2, -0.15) is 4.31 Å². The van der Waals surface area contributed by atoms with Crippen LogP contribution >= 0.6 is 11.3 Å². The number of hydrogen-bond acceptors (Lipinski definition) is 5. The molecular weight excluding hydrogens is 372 g/mol. The zero-order chi connectivity index (χ0) is 19.3. The third-order valence-electron chi connectivity index (χ3n) is 4.13. The van der Waals surface area contributed by atoms with E-state index in [1.54, 1.807) is 31.3 Å². The van der Waals surface area contributed by atoms with Crippen molar-refractivity contribution in [2.45, 2.75) is 32.2 Å². The second kappa shape index (κ2) is 8.66. The molecule has 0 atom stereocenters. The maximum atomic E-state index is 12.9. The summed E-state index contributed by atoms with van der Waals surface area (Å²) in [5, 5.41) is 4.81. The summed E-state index contributed by atoms with van der Waals surface area (Å²) in [7, 11) is -2.32. The van der Waals surface area contributed by atoms with Crippen LogP contribution in [0.2, 0.25) is 0 Å². The lowest BCUT2D eigenvalue weighted by Crippen LogP contribution is -2.31. The second-order valence-corrected chi connectivity index (χ2v) is 8.57. The SMILES string of the molecule is CCN(CC)S(=O)(=O)c1cc(C(=O)NCc2sccc2C)ccc1OC. The number of amides is 1. The first-order valence-electron chi connectivity index (χ1n) is 8.34. The Labute approximate surface area is 158 Å². The van der Waals surface area contributed by atoms with Crippen molar-refractivity contribution in [1.82, 2.24) is 9.62 Å². The molecule has 8 heteroatoms. The van der Waals surface area contributed by atoms with Gasteiger partial charge in [-0.05, 0) is 42.1 Å². The first-order chi connectivity index (χ1) is 12.3. The standard InChI is InChI=1S/C18H24N2O4S2/c1-5-20(6-2)26(22,23)17-11-14(7-8-15(17)24-4)18(21)19-12-16-13(3)9-10-25-16/h7-11H,5-6,12H2,1-4H3,(H,19,21). The molecule has 0 bridgehead atoms. The molecule has 0 saturated carbocycles. The van der Waals surface area contributed by atoms with Crippen LogP contribution in [-0.2, 0) is 16.6 Å². The monoisotopic (exact) mass is 396 g/mol. The molecule has 0 spiro atoms. The van der Waals surface area contributed by atoms with Gasteiger partial charge < -0.3 is 10.1 Å². The van der Waals surface area contributed by atoms with Gasteiger partial charge in [0.1, 0.15) is 10.6 Å². The molecular formula is C18H24N2O4S2. The minimum Gasteiger partial charge on any atom is -0.495 e. The van der Waals surface area contributed by atoms with E-state index in [0.29, 0.717) is 19.6 Å². The van der Waals surface area contributed by atoms with Gasteiger partial charge in [-0.15, -0.1) is 11.3 Å². The Morgan fingerprint density at radius 1 is 1.23 bits per heavy atom. The number of ether oxygens (including phenoxy) is 1. The number of benzene rings is 1. The summed E-state index contributed by atoms with van der Waals surface area (Å²) >= 11 is 1.57. The Bertz CT molecular complexity index is 871. The van der Waals surface area contributed by atoms with Crippen molar-refractivity contribution in [3.63, 3.8) is 0 Å². The van der Waals surface area contributed by atoms with Crippen LogP contribution in [0, 0.1) is 6.92 Å². The molecule has 26 heavy (non-hydrogen) atoms. The minimum absolute atomic E-state index is 0.00338. The van der Waals surface area contributed by atoms with Gasteiger partial charge in [0, 0.05) is 23.5 Å². The Kier molecular flexibility index (Phi) is 6.80. The van der Waals surface area contributed by atoms with Gasteiger partial charge in [0.15, 0.2) is 0 Å². The molecule has 0 aliphatic heterocycles. The number of aryl methyl sites for hydroxylation is 1. The van der Waals surface area contributed by atoms with Crippen molar-refractivity contribution in [2.24, 2.45) is 0 Å². The highest BCUT2D eigenvalue weighted by Crippen LogP contribution is 2.28. The van der Waals surface area contributed by atoms with Crippen LogP contribution in [0.5, 0.6) is 5.75 Å². The molecule has 0 aliphatic carbocycles. The average Bonchev–Trinajstić information content (AvgIpc) is 3.04. The smallest absolute Gasteiger partial charge is 0.251 e. The second-order valence-electron chi connectivity index (χ2n) is 5.66. The van der Waals surface area contributed by atoms with Gasteiger partial charge in [0.2, 0.25) is 10.0 Å². The molecule has 142 valence electrons. The number of sulfonamides is 1. The number of thiophene rings is 1. The van der Waals surface area contributed by atoms with E-state index < -0.39 is 10.0 Å². The lowest BCUT2D eigenvalue weighted by Gasteiger charge is -2.20. The molecule has 1 heterocycles. The fraction of sp³-hybridized carbons (Fsp3) is 0.389.